The summed E-state index contributed by atoms with van der Waals surface area (Å²) < 4.78 is 54.9. The second-order valence-electron chi connectivity index (χ2n) is 7.87. The van der Waals surface area contributed by atoms with Crippen molar-refractivity contribution in [3.05, 3.63) is 65.1 Å². The Bertz CT molecular complexity index is 1330. The molecular weight excluding hydrogens is 436 g/mol. The Morgan fingerprint density at radius 1 is 1.09 bits per heavy atom. The summed E-state index contributed by atoms with van der Waals surface area (Å²) in [4.78, 5) is 11.2. The van der Waals surface area contributed by atoms with Gasteiger partial charge in [0.05, 0.1) is 16.8 Å². The van der Waals surface area contributed by atoms with Crippen molar-refractivity contribution in [1.29, 1.82) is 0 Å². The van der Waals surface area contributed by atoms with Gasteiger partial charge in [-0.05, 0) is 37.2 Å². The van der Waals surface area contributed by atoms with Crippen molar-refractivity contribution < 1.29 is 17.6 Å². The molecule has 0 saturated heterocycles. The third kappa shape index (κ3) is 4.02. The lowest BCUT2D eigenvalue weighted by Gasteiger charge is -2.28. The van der Waals surface area contributed by atoms with Gasteiger partial charge in [-0.3, -0.25) is 10.00 Å². The summed E-state index contributed by atoms with van der Waals surface area (Å²) >= 11 is 0. The normalized spacial score (nSPS) is 14.5. The first kappa shape index (κ1) is 21.3. The molecule has 0 bridgehead atoms. The van der Waals surface area contributed by atoms with Gasteiger partial charge in [0.15, 0.2) is 11.6 Å². The van der Waals surface area contributed by atoms with Gasteiger partial charge in [0, 0.05) is 29.6 Å². The van der Waals surface area contributed by atoms with E-state index in [1.165, 1.54) is 30.3 Å². The molecule has 2 aromatic carbocycles. The highest BCUT2D eigenvalue weighted by Crippen LogP contribution is 2.37. The Hall–Kier alpha value is -3.53. The number of halogens is 4. The number of nitrogens with zero attached hydrogens (tertiary/aromatic N) is 4. The van der Waals surface area contributed by atoms with E-state index in [9.17, 15) is 17.6 Å². The van der Waals surface area contributed by atoms with Gasteiger partial charge in [-0.25, -0.2) is 14.4 Å². The van der Waals surface area contributed by atoms with E-state index >= 15 is 0 Å². The maximum absolute atomic E-state index is 13.8. The molecule has 0 unspecified atom stereocenters. The smallest absolute Gasteiger partial charge is 0.323 e. The molecule has 6 nitrogen and oxygen atoms in total. The molecule has 0 amide bonds. The number of aromatic amines is 1. The fraction of sp³-hybridized carbons (Fsp3) is 0.261. The number of likely N-dealkylation sites (N-methyl/N-ethyl adjacent to an activating group) is 1. The second kappa shape index (κ2) is 8.11. The van der Waals surface area contributed by atoms with E-state index in [0.29, 0.717) is 41.2 Å². The third-order valence-corrected chi connectivity index (χ3v) is 5.83. The number of alkyl halides is 3. The summed E-state index contributed by atoms with van der Waals surface area (Å²) in [7, 11) is 0. The Morgan fingerprint density at radius 2 is 1.91 bits per heavy atom. The van der Waals surface area contributed by atoms with Crippen LogP contribution in [0, 0.1) is 5.82 Å². The van der Waals surface area contributed by atoms with Gasteiger partial charge in [0.1, 0.15) is 11.6 Å². The summed E-state index contributed by atoms with van der Waals surface area (Å²) in [6.07, 6.45) is -3.92. The Morgan fingerprint density at radius 3 is 2.70 bits per heavy atom. The molecule has 0 saturated carbocycles. The van der Waals surface area contributed by atoms with E-state index in [2.05, 4.69) is 30.4 Å². The average molecular weight is 456 g/mol. The molecule has 2 N–H and O–H groups in total. The number of hydrogen-bond acceptors (Lipinski definition) is 5. The van der Waals surface area contributed by atoms with Crippen molar-refractivity contribution in [1.82, 2.24) is 25.1 Å². The molecule has 0 atom stereocenters. The molecule has 170 valence electrons. The van der Waals surface area contributed by atoms with Gasteiger partial charge in [-0.1, -0.05) is 25.1 Å². The first-order valence-corrected chi connectivity index (χ1v) is 10.5. The van der Waals surface area contributed by atoms with E-state index in [-0.39, 0.29) is 11.4 Å². The summed E-state index contributed by atoms with van der Waals surface area (Å²) in [5.74, 6) is 0.280. The molecule has 1 aliphatic heterocycles. The molecule has 0 radical (unpaired) electrons. The largest absolute Gasteiger partial charge is 0.417 e. The average Bonchev–Trinajstić information content (AvgIpc) is 3.19. The predicted molar refractivity (Wildman–Crippen MR) is 116 cm³/mol. The Labute approximate surface area is 186 Å². The number of hydrogen-bond donors (Lipinski definition) is 2. The van der Waals surface area contributed by atoms with E-state index in [4.69, 9.17) is 0 Å². The van der Waals surface area contributed by atoms with Crippen LogP contribution >= 0.6 is 0 Å². The Kier molecular flexibility index (Phi) is 5.24. The highest BCUT2D eigenvalue weighted by Gasteiger charge is 2.34. The molecule has 10 heteroatoms. The van der Waals surface area contributed by atoms with Gasteiger partial charge < -0.3 is 5.32 Å². The van der Waals surface area contributed by atoms with Crippen molar-refractivity contribution >= 4 is 22.5 Å². The molecule has 0 aliphatic carbocycles. The molecule has 1 aliphatic rings. The standard InChI is InChI=1S/C23H20F4N6/c1-2-33-10-9-15-19(12-33)28-20(14-5-3-4-6-17(14)23(25,26)27)29-21(15)30-22-16-11-13(24)7-8-18(16)31-32-22/h3-8,11H,2,9-10,12H2,1H3,(H2,28,29,30,31,32). The predicted octanol–water partition coefficient (Wildman–Crippen LogP) is 5.30. The molecular formula is C23H20F4N6. The number of rotatable bonds is 4. The molecule has 0 fully saturated rings. The topological polar surface area (TPSA) is 69.7 Å². The minimum absolute atomic E-state index is 0.0202. The van der Waals surface area contributed by atoms with Crippen LogP contribution in [0.4, 0.5) is 29.2 Å². The number of aromatic nitrogens is 4. The third-order valence-electron chi connectivity index (χ3n) is 5.83. The lowest BCUT2D eigenvalue weighted by molar-refractivity contribution is -0.137. The lowest BCUT2D eigenvalue weighted by atomic mass is 10.0. The number of nitrogens with one attached hydrogen (secondary N) is 2. The van der Waals surface area contributed by atoms with Crippen LogP contribution in [0.1, 0.15) is 23.7 Å². The van der Waals surface area contributed by atoms with Crippen molar-refractivity contribution in [2.75, 3.05) is 18.4 Å². The second-order valence-corrected chi connectivity index (χ2v) is 7.87. The van der Waals surface area contributed by atoms with Gasteiger partial charge in [0.25, 0.3) is 0 Å². The van der Waals surface area contributed by atoms with Crippen molar-refractivity contribution in [3.8, 4) is 11.4 Å². The summed E-state index contributed by atoms with van der Waals surface area (Å²) in [5, 5.41) is 10.7. The number of anilines is 2. The zero-order valence-corrected chi connectivity index (χ0v) is 17.7. The zero-order valence-electron chi connectivity index (χ0n) is 17.7. The van der Waals surface area contributed by atoms with Gasteiger partial charge >= 0.3 is 6.18 Å². The van der Waals surface area contributed by atoms with Gasteiger partial charge in [-0.15, -0.1) is 0 Å². The number of H-pyrrole nitrogens is 1. The number of fused-ring (bicyclic) bond motifs is 2. The summed E-state index contributed by atoms with van der Waals surface area (Å²) in [6.45, 7) is 4.09. The number of benzene rings is 2. The maximum Gasteiger partial charge on any atom is 0.417 e. The summed E-state index contributed by atoms with van der Waals surface area (Å²) in [6, 6.07) is 9.50. The van der Waals surface area contributed by atoms with E-state index in [1.54, 1.807) is 6.07 Å². The highest BCUT2D eigenvalue weighted by molar-refractivity contribution is 5.91. The lowest BCUT2D eigenvalue weighted by Crippen LogP contribution is -2.32. The van der Waals surface area contributed by atoms with Crippen LogP contribution < -0.4 is 5.32 Å². The minimum Gasteiger partial charge on any atom is -0.323 e. The molecule has 2 aromatic heterocycles. The summed E-state index contributed by atoms with van der Waals surface area (Å²) in [5.41, 5.74) is 1.22. The maximum atomic E-state index is 13.8. The first-order chi connectivity index (χ1) is 15.8. The quantitative estimate of drug-likeness (QED) is 0.408. The van der Waals surface area contributed by atoms with Crippen LogP contribution in [0.25, 0.3) is 22.3 Å². The van der Waals surface area contributed by atoms with Crippen LogP contribution in [0.2, 0.25) is 0 Å². The van der Waals surface area contributed by atoms with Crippen LogP contribution in [-0.2, 0) is 19.1 Å². The van der Waals surface area contributed by atoms with Crippen molar-refractivity contribution in [2.45, 2.75) is 26.1 Å². The van der Waals surface area contributed by atoms with E-state index < -0.39 is 17.6 Å². The van der Waals surface area contributed by atoms with E-state index in [1.807, 2.05) is 6.92 Å². The molecule has 4 aromatic rings. The molecule has 5 rings (SSSR count). The fourth-order valence-electron chi connectivity index (χ4n) is 4.10. The Balaban J connectivity index is 1.66. The molecule has 33 heavy (non-hydrogen) atoms. The van der Waals surface area contributed by atoms with Crippen LogP contribution in [0.15, 0.2) is 42.5 Å². The fourth-order valence-corrected chi connectivity index (χ4v) is 4.10. The van der Waals surface area contributed by atoms with E-state index in [0.717, 1.165) is 24.7 Å². The van der Waals surface area contributed by atoms with Crippen LogP contribution in [0.5, 0.6) is 0 Å². The first-order valence-electron chi connectivity index (χ1n) is 10.5. The van der Waals surface area contributed by atoms with Crippen LogP contribution in [0.3, 0.4) is 0 Å². The zero-order chi connectivity index (χ0) is 23.2. The van der Waals surface area contributed by atoms with Gasteiger partial charge in [-0.2, -0.15) is 18.3 Å². The minimum atomic E-state index is -4.55. The SMILES string of the molecule is CCN1CCc2c(nc(-c3ccccc3C(F)(F)F)nc2Nc2n[nH]c3ccc(F)cc23)C1. The van der Waals surface area contributed by atoms with Gasteiger partial charge in [0.2, 0.25) is 0 Å². The molecule has 0 spiro atoms. The van der Waals surface area contributed by atoms with Crippen molar-refractivity contribution in [3.63, 3.8) is 0 Å². The monoisotopic (exact) mass is 456 g/mol. The van der Waals surface area contributed by atoms with Crippen molar-refractivity contribution in [2.24, 2.45) is 0 Å². The highest BCUT2D eigenvalue weighted by atomic mass is 19.4. The van der Waals surface area contributed by atoms with Crippen LogP contribution in [-0.4, -0.2) is 38.2 Å². The molecule has 3 heterocycles.